The summed E-state index contributed by atoms with van der Waals surface area (Å²) in [5, 5.41) is 9.42. The molecule has 0 saturated heterocycles. The van der Waals surface area contributed by atoms with Gasteiger partial charge in [0.15, 0.2) is 0 Å². The SMILES string of the molecule is O=C(O)C1(Cc2ccccc2F)CCCCC1. The third-order valence-corrected chi connectivity index (χ3v) is 3.75. The van der Waals surface area contributed by atoms with Gasteiger partial charge in [0.25, 0.3) is 0 Å². The second kappa shape index (κ2) is 4.86. The zero-order valence-electron chi connectivity index (χ0n) is 9.79. The van der Waals surface area contributed by atoms with Crippen LogP contribution in [0.2, 0.25) is 0 Å². The van der Waals surface area contributed by atoms with Crippen LogP contribution in [0, 0.1) is 11.2 Å². The van der Waals surface area contributed by atoms with Crippen LogP contribution in [0.4, 0.5) is 4.39 Å². The predicted octanol–water partition coefficient (Wildman–Crippen LogP) is 3.40. The van der Waals surface area contributed by atoms with Gasteiger partial charge in [-0.25, -0.2) is 4.39 Å². The van der Waals surface area contributed by atoms with Gasteiger partial charge in [-0.1, -0.05) is 37.5 Å². The molecule has 1 aromatic rings. The van der Waals surface area contributed by atoms with Crippen molar-refractivity contribution in [3.63, 3.8) is 0 Å². The molecular weight excluding hydrogens is 219 g/mol. The van der Waals surface area contributed by atoms with E-state index < -0.39 is 11.4 Å². The Morgan fingerprint density at radius 1 is 1.24 bits per heavy atom. The lowest BCUT2D eigenvalue weighted by molar-refractivity contribution is -0.151. The zero-order valence-corrected chi connectivity index (χ0v) is 9.79. The van der Waals surface area contributed by atoms with Crippen molar-refractivity contribution in [2.24, 2.45) is 5.41 Å². The van der Waals surface area contributed by atoms with Crippen LogP contribution in [0.5, 0.6) is 0 Å². The molecule has 1 fully saturated rings. The Hall–Kier alpha value is -1.38. The first-order valence-corrected chi connectivity index (χ1v) is 6.11. The van der Waals surface area contributed by atoms with Crippen LogP contribution in [0.3, 0.4) is 0 Å². The Balaban J connectivity index is 2.24. The number of benzene rings is 1. The lowest BCUT2D eigenvalue weighted by atomic mass is 9.70. The largest absolute Gasteiger partial charge is 0.481 e. The Labute approximate surface area is 100 Å². The molecule has 0 atom stereocenters. The summed E-state index contributed by atoms with van der Waals surface area (Å²) in [6.07, 6.45) is 4.59. The van der Waals surface area contributed by atoms with Crippen LogP contribution < -0.4 is 0 Å². The molecule has 0 unspecified atom stereocenters. The van der Waals surface area contributed by atoms with Gasteiger partial charge in [-0.15, -0.1) is 0 Å². The lowest BCUT2D eigenvalue weighted by Gasteiger charge is -2.33. The molecule has 1 aliphatic carbocycles. The van der Waals surface area contributed by atoms with Crippen molar-refractivity contribution in [3.05, 3.63) is 35.6 Å². The highest BCUT2D eigenvalue weighted by Gasteiger charge is 2.39. The molecule has 0 aromatic heterocycles. The van der Waals surface area contributed by atoms with Crippen LogP contribution in [0.1, 0.15) is 37.7 Å². The van der Waals surface area contributed by atoms with E-state index in [0.29, 0.717) is 24.8 Å². The van der Waals surface area contributed by atoms with Crippen LogP contribution in [0.15, 0.2) is 24.3 Å². The van der Waals surface area contributed by atoms with Gasteiger partial charge < -0.3 is 5.11 Å². The van der Waals surface area contributed by atoms with Gasteiger partial charge in [-0.3, -0.25) is 4.79 Å². The minimum absolute atomic E-state index is 0.293. The number of carboxylic acids is 1. The van der Waals surface area contributed by atoms with Crippen molar-refractivity contribution < 1.29 is 14.3 Å². The van der Waals surface area contributed by atoms with E-state index in [1.54, 1.807) is 18.2 Å². The molecule has 0 aliphatic heterocycles. The van der Waals surface area contributed by atoms with E-state index in [0.717, 1.165) is 19.3 Å². The fourth-order valence-electron chi connectivity index (χ4n) is 2.70. The molecule has 0 radical (unpaired) electrons. The maximum atomic E-state index is 13.6. The Kier molecular flexibility index (Phi) is 3.46. The molecule has 3 heteroatoms. The van der Waals surface area contributed by atoms with Crippen LogP contribution in [-0.4, -0.2) is 11.1 Å². The highest BCUT2D eigenvalue weighted by molar-refractivity contribution is 5.75. The first-order chi connectivity index (χ1) is 8.14. The molecule has 0 heterocycles. The predicted molar refractivity (Wildman–Crippen MR) is 63.3 cm³/mol. The molecule has 92 valence electrons. The van der Waals surface area contributed by atoms with E-state index in [1.807, 2.05) is 0 Å². The minimum Gasteiger partial charge on any atom is -0.481 e. The molecule has 0 bridgehead atoms. The summed E-state index contributed by atoms with van der Waals surface area (Å²) < 4.78 is 13.6. The summed E-state index contributed by atoms with van der Waals surface area (Å²) in [6.45, 7) is 0. The quantitative estimate of drug-likeness (QED) is 0.873. The molecule has 1 N–H and O–H groups in total. The molecule has 17 heavy (non-hydrogen) atoms. The Morgan fingerprint density at radius 2 is 1.88 bits per heavy atom. The van der Waals surface area contributed by atoms with E-state index in [2.05, 4.69) is 0 Å². The summed E-state index contributed by atoms with van der Waals surface area (Å²) in [5.41, 5.74) is -0.225. The highest BCUT2D eigenvalue weighted by atomic mass is 19.1. The molecule has 1 saturated carbocycles. The maximum absolute atomic E-state index is 13.6. The third kappa shape index (κ3) is 2.48. The topological polar surface area (TPSA) is 37.3 Å². The lowest BCUT2D eigenvalue weighted by Crippen LogP contribution is -2.35. The molecule has 1 aromatic carbocycles. The zero-order chi connectivity index (χ0) is 12.3. The monoisotopic (exact) mass is 236 g/mol. The first-order valence-electron chi connectivity index (χ1n) is 6.11. The fraction of sp³-hybridized carbons (Fsp3) is 0.500. The molecule has 0 spiro atoms. The average molecular weight is 236 g/mol. The Morgan fingerprint density at radius 3 is 2.47 bits per heavy atom. The Bertz CT molecular complexity index is 408. The molecule has 0 amide bonds. The van der Waals surface area contributed by atoms with E-state index in [-0.39, 0.29) is 5.82 Å². The minimum atomic E-state index is -0.777. The van der Waals surface area contributed by atoms with Gasteiger partial charge >= 0.3 is 5.97 Å². The van der Waals surface area contributed by atoms with Gasteiger partial charge in [-0.2, -0.15) is 0 Å². The van der Waals surface area contributed by atoms with Crippen molar-refractivity contribution in [2.45, 2.75) is 38.5 Å². The van der Waals surface area contributed by atoms with Gasteiger partial charge in [0.2, 0.25) is 0 Å². The molecule has 2 nitrogen and oxygen atoms in total. The normalized spacial score (nSPS) is 18.9. The van der Waals surface area contributed by atoms with Crippen LogP contribution >= 0.6 is 0 Å². The second-order valence-corrected chi connectivity index (χ2v) is 4.91. The van der Waals surface area contributed by atoms with Crippen LogP contribution in [-0.2, 0) is 11.2 Å². The number of carboxylic acid groups (broad SMARTS) is 1. The van der Waals surface area contributed by atoms with E-state index in [1.165, 1.54) is 6.07 Å². The number of halogens is 1. The maximum Gasteiger partial charge on any atom is 0.309 e. The van der Waals surface area contributed by atoms with Crippen molar-refractivity contribution in [2.75, 3.05) is 0 Å². The van der Waals surface area contributed by atoms with Gasteiger partial charge in [-0.05, 0) is 30.9 Å². The standard InChI is InChI=1S/C14H17FO2/c15-12-7-3-2-6-11(12)10-14(13(16)17)8-4-1-5-9-14/h2-3,6-7H,1,4-5,8-10H2,(H,16,17). The third-order valence-electron chi connectivity index (χ3n) is 3.75. The van der Waals surface area contributed by atoms with Crippen LogP contribution in [0.25, 0.3) is 0 Å². The number of hydrogen-bond donors (Lipinski definition) is 1. The molecular formula is C14H17FO2. The molecule has 1 aliphatic rings. The summed E-state index contributed by atoms with van der Waals surface area (Å²) in [7, 11) is 0. The summed E-state index contributed by atoms with van der Waals surface area (Å²) in [4.78, 5) is 11.5. The van der Waals surface area contributed by atoms with Gasteiger partial charge in [0.05, 0.1) is 5.41 Å². The van der Waals surface area contributed by atoms with E-state index >= 15 is 0 Å². The smallest absolute Gasteiger partial charge is 0.309 e. The molecule has 2 rings (SSSR count). The second-order valence-electron chi connectivity index (χ2n) is 4.91. The summed E-state index contributed by atoms with van der Waals surface area (Å²) in [5.74, 6) is -1.07. The number of aliphatic carboxylic acids is 1. The average Bonchev–Trinajstić information content (AvgIpc) is 2.33. The summed E-state index contributed by atoms with van der Waals surface area (Å²) in [6, 6.07) is 6.48. The van der Waals surface area contributed by atoms with Gasteiger partial charge in [0.1, 0.15) is 5.82 Å². The van der Waals surface area contributed by atoms with Crippen molar-refractivity contribution in [1.29, 1.82) is 0 Å². The van der Waals surface area contributed by atoms with Crippen molar-refractivity contribution >= 4 is 5.97 Å². The van der Waals surface area contributed by atoms with Gasteiger partial charge in [0, 0.05) is 0 Å². The van der Waals surface area contributed by atoms with E-state index in [9.17, 15) is 14.3 Å². The highest BCUT2D eigenvalue weighted by Crippen LogP contribution is 2.39. The fourth-order valence-corrected chi connectivity index (χ4v) is 2.70. The van der Waals surface area contributed by atoms with Crippen molar-refractivity contribution in [1.82, 2.24) is 0 Å². The van der Waals surface area contributed by atoms with E-state index in [4.69, 9.17) is 0 Å². The van der Waals surface area contributed by atoms with Crippen molar-refractivity contribution in [3.8, 4) is 0 Å². The number of hydrogen-bond acceptors (Lipinski definition) is 1. The number of rotatable bonds is 3. The summed E-state index contributed by atoms with van der Waals surface area (Å²) >= 11 is 0. The number of carbonyl (C=O) groups is 1. The first kappa shape index (κ1) is 12.1.